The van der Waals surface area contributed by atoms with E-state index in [2.05, 4.69) is 13.8 Å². The second kappa shape index (κ2) is 9.20. The summed E-state index contributed by atoms with van der Waals surface area (Å²) in [7, 11) is 0. The van der Waals surface area contributed by atoms with E-state index in [0.29, 0.717) is 6.42 Å². The minimum atomic E-state index is -1.33. The highest BCUT2D eigenvalue weighted by Gasteiger charge is 2.50. The van der Waals surface area contributed by atoms with Gasteiger partial charge < -0.3 is 0 Å². The predicted molar refractivity (Wildman–Crippen MR) is 101 cm³/mol. The van der Waals surface area contributed by atoms with Crippen molar-refractivity contribution in [3.8, 4) is 0 Å². The molecule has 0 fully saturated rings. The molecule has 6 heteroatoms. The van der Waals surface area contributed by atoms with Crippen molar-refractivity contribution in [2.75, 3.05) is 13.1 Å². The van der Waals surface area contributed by atoms with E-state index in [-0.39, 0.29) is 0 Å². The lowest BCUT2D eigenvalue weighted by Crippen LogP contribution is -2.53. The average Bonchev–Trinajstić information content (AvgIpc) is 2.46. The Morgan fingerprint density at radius 2 is 1.45 bits per heavy atom. The quantitative estimate of drug-likeness (QED) is 0.346. The fourth-order valence-electron chi connectivity index (χ4n) is 2.32. The first kappa shape index (κ1) is 20.7. The summed E-state index contributed by atoms with van der Waals surface area (Å²) in [4.78, 5) is 1.93. The Morgan fingerprint density at radius 1 is 0.955 bits per heavy atom. The smallest absolute Gasteiger partial charge is 0.190 e. The molecule has 0 bridgehead atoms. The van der Waals surface area contributed by atoms with Crippen LogP contribution in [0.5, 0.6) is 0 Å². The van der Waals surface area contributed by atoms with E-state index in [1.54, 1.807) is 0 Å². The molecule has 1 unspecified atom stereocenters. The summed E-state index contributed by atoms with van der Waals surface area (Å²) >= 11 is 32.6. The molecule has 0 N–H and O–H groups in total. The lowest BCUT2D eigenvalue weighted by Gasteiger charge is -2.41. The van der Waals surface area contributed by atoms with Crippen molar-refractivity contribution in [2.24, 2.45) is 0 Å². The van der Waals surface area contributed by atoms with Crippen LogP contribution < -0.4 is 0 Å². The van der Waals surface area contributed by atoms with Gasteiger partial charge in [-0.1, -0.05) is 90.6 Å². The summed E-state index contributed by atoms with van der Waals surface area (Å²) in [6, 6.07) is 9.69. The Kier molecular flexibility index (Phi) is 8.65. The Bertz CT molecular complexity index is 429. The number of alkyl halides is 5. The van der Waals surface area contributed by atoms with Crippen molar-refractivity contribution in [3.05, 3.63) is 35.9 Å². The van der Waals surface area contributed by atoms with Crippen molar-refractivity contribution < 1.29 is 0 Å². The Morgan fingerprint density at radius 3 is 1.91 bits per heavy atom. The molecule has 0 aliphatic rings. The van der Waals surface area contributed by atoms with E-state index < -0.39 is 14.2 Å². The van der Waals surface area contributed by atoms with E-state index in [1.807, 2.05) is 35.2 Å². The zero-order valence-corrected chi connectivity index (χ0v) is 16.6. The van der Waals surface area contributed by atoms with Gasteiger partial charge in [0.25, 0.3) is 0 Å². The molecule has 1 nitrogen and oxygen atoms in total. The largest absolute Gasteiger partial charge is 0.271 e. The fraction of sp³-hybridized carbons (Fsp3) is 0.625. The monoisotopic (exact) mass is 403 g/mol. The molecule has 0 aliphatic carbocycles. The Hall–Kier alpha value is 0.630. The average molecular weight is 406 g/mol. The maximum Gasteiger partial charge on any atom is 0.190 e. The van der Waals surface area contributed by atoms with Crippen LogP contribution in [0.25, 0.3) is 0 Å². The van der Waals surface area contributed by atoms with Crippen LogP contribution in [-0.4, -0.2) is 32.2 Å². The van der Waals surface area contributed by atoms with Crippen LogP contribution in [0.4, 0.5) is 0 Å². The van der Waals surface area contributed by atoms with Crippen molar-refractivity contribution in [1.82, 2.24) is 4.90 Å². The fourth-order valence-corrected chi connectivity index (χ4v) is 4.10. The van der Waals surface area contributed by atoms with E-state index >= 15 is 0 Å². The molecular formula is C16H22Cl5N. The maximum atomic E-state index is 6.55. The Balaban J connectivity index is 2.91. The molecule has 0 spiro atoms. The number of halogens is 5. The van der Waals surface area contributed by atoms with Crippen LogP contribution in [0.1, 0.15) is 32.3 Å². The molecule has 0 radical (unpaired) electrons. The van der Waals surface area contributed by atoms with E-state index in [0.717, 1.165) is 31.5 Å². The molecule has 0 aliphatic heterocycles. The van der Waals surface area contributed by atoms with Gasteiger partial charge in [-0.3, -0.25) is 4.90 Å². The summed E-state index contributed by atoms with van der Waals surface area (Å²) in [6.07, 6.45) is 2.21. The lowest BCUT2D eigenvalue weighted by atomic mass is 10.1. The maximum absolute atomic E-state index is 6.55. The van der Waals surface area contributed by atoms with E-state index in [9.17, 15) is 0 Å². The third-order valence-electron chi connectivity index (χ3n) is 3.37. The lowest BCUT2D eigenvalue weighted by molar-refractivity contribution is 0.212. The molecule has 1 atom stereocenters. The van der Waals surface area contributed by atoms with Crippen molar-refractivity contribution in [2.45, 2.75) is 47.3 Å². The molecule has 0 amide bonds. The molecule has 0 heterocycles. The predicted octanol–water partition coefficient (Wildman–Crippen LogP) is 6.26. The Labute approximate surface area is 158 Å². The molecule has 0 aromatic heterocycles. The van der Waals surface area contributed by atoms with Gasteiger partial charge in [-0.25, -0.2) is 0 Å². The summed E-state index contributed by atoms with van der Waals surface area (Å²) in [6.45, 7) is 5.60. The number of hydrogen-bond donors (Lipinski definition) is 0. The topological polar surface area (TPSA) is 3.24 Å². The molecular weight excluding hydrogens is 383 g/mol. The molecule has 0 saturated carbocycles. The molecule has 1 aromatic carbocycles. The minimum absolute atomic E-state index is 0.373. The van der Waals surface area contributed by atoms with E-state index in [4.69, 9.17) is 58.0 Å². The zero-order valence-electron chi connectivity index (χ0n) is 12.8. The van der Waals surface area contributed by atoms with Crippen LogP contribution in [-0.2, 0) is 6.42 Å². The standard InChI is InChI=1S/C16H22Cl5N/c1-3-10-22(11-4-2)16(20,21)14(17)15(18,19)12-13-8-6-5-7-9-13/h5-9,14H,3-4,10-12H2,1-2H3. The first-order valence-electron chi connectivity index (χ1n) is 7.44. The van der Waals surface area contributed by atoms with Crippen LogP contribution >= 0.6 is 58.0 Å². The summed E-state index contributed by atoms with van der Waals surface area (Å²) in [5, 5.41) is -0.843. The van der Waals surface area contributed by atoms with Gasteiger partial charge >= 0.3 is 0 Å². The number of rotatable bonds is 9. The van der Waals surface area contributed by atoms with Gasteiger partial charge in [0, 0.05) is 19.5 Å². The molecule has 22 heavy (non-hydrogen) atoms. The molecule has 126 valence electrons. The molecule has 1 aromatic rings. The second-order valence-electron chi connectivity index (χ2n) is 5.36. The highest BCUT2D eigenvalue weighted by atomic mass is 35.5. The van der Waals surface area contributed by atoms with Crippen molar-refractivity contribution in [3.63, 3.8) is 0 Å². The van der Waals surface area contributed by atoms with Gasteiger partial charge in [-0.2, -0.15) is 0 Å². The number of nitrogens with zero attached hydrogens (tertiary/aromatic N) is 1. The summed E-state index contributed by atoms with van der Waals surface area (Å²) in [5.74, 6) is 0. The zero-order chi connectivity index (χ0) is 16.8. The highest BCUT2D eigenvalue weighted by molar-refractivity contribution is 6.58. The number of hydrogen-bond acceptors (Lipinski definition) is 1. The van der Waals surface area contributed by atoms with Gasteiger partial charge in [0.15, 0.2) is 4.46 Å². The first-order valence-corrected chi connectivity index (χ1v) is 9.39. The van der Waals surface area contributed by atoms with Gasteiger partial charge in [-0.15, -0.1) is 11.6 Å². The van der Waals surface area contributed by atoms with Crippen LogP contribution in [0.3, 0.4) is 0 Å². The SMILES string of the molecule is CCCN(CCC)C(Cl)(Cl)C(Cl)C(Cl)(Cl)Cc1ccccc1. The second-order valence-corrected chi connectivity index (χ2v) is 8.69. The van der Waals surface area contributed by atoms with Crippen molar-refractivity contribution >= 4 is 58.0 Å². The number of benzene rings is 1. The van der Waals surface area contributed by atoms with Gasteiger partial charge in [0.2, 0.25) is 0 Å². The van der Waals surface area contributed by atoms with E-state index in [1.165, 1.54) is 0 Å². The third kappa shape index (κ3) is 5.61. The van der Waals surface area contributed by atoms with Crippen LogP contribution in [0.15, 0.2) is 30.3 Å². The summed E-state index contributed by atoms with van der Waals surface area (Å²) < 4.78 is -2.60. The minimum Gasteiger partial charge on any atom is -0.271 e. The first-order chi connectivity index (χ1) is 10.3. The highest BCUT2D eigenvalue weighted by Crippen LogP contribution is 2.45. The summed E-state index contributed by atoms with van der Waals surface area (Å²) in [5.41, 5.74) is 0.986. The van der Waals surface area contributed by atoms with Crippen LogP contribution in [0, 0.1) is 0 Å². The molecule has 1 rings (SSSR count). The van der Waals surface area contributed by atoms with Crippen molar-refractivity contribution in [1.29, 1.82) is 0 Å². The molecule has 0 saturated heterocycles. The van der Waals surface area contributed by atoms with Gasteiger partial charge in [0.05, 0.1) is 0 Å². The van der Waals surface area contributed by atoms with Gasteiger partial charge in [0.1, 0.15) is 9.71 Å². The third-order valence-corrected chi connectivity index (χ3v) is 6.12. The van der Waals surface area contributed by atoms with Crippen LogP contribution in [0.2, 0.25) is 0 Å². The normalized spacial score (nSPS) is 14.4. The van der Waals surface area contributed by atoms with Gasteiger partial charge in [-0.05, 0) is 18.4 Å².